The van der Waals surface area contributed by atoms with Gasteiger partial charge >= 0.3 is 5.97 Å². The van der Waals surface area contributed by atoms with Gasteiger partial charge < -0.3 is 9.84 Å². The first-order valence-corrected chi connectivity index (χ1v) is 8.75. The minimum absolute atomic E-state index is 0.0231. The molecule has 22 heavy (non-hydrogen) atoms. The Morgan fingerprint density at radius 2 is 1.82 bits per heavy atom. The monoisotopic (exact) mass is 316 g/mol. The first-order chi connectivity index (χ1) is 10.4. The Morgan fingerprint density at radius 3 is 2.14 bits per heavy atom. The summed E-state index contributed by atoms with van der Waals surface area (Å²) >= 11 is 0. The van der Waals surface area contributed by atoms with Crippen LogP contribution in [0.25, 0.3) is 0 Å². The summed E-state index contributed by atoms with van der Waals surface area (Å²) in [4.78, 5) is 24.0. The number of carbonyl (C=O) groups excluding carboxylic acids is 2. The highest BCUT2D eigenvalue weighted by atomic mass is 16.5. The van der Waals surface area contributed by atoms with E-state index in [0.717, 1.165) is 0 Å². The number of aliphatic hydroxyl groups excluding tert-OH is 1. The average molecular weight is 316 g/mol. The van der Waals surface area contributed by atoms with E-state index in [0.29, 0.717) is 38.7 Å². The number of ketones is 1. The van der Waals surface area contributed by atoms with Gasteiger partial charge in [-0.1, -0.05) is 41.5 Å². The smallest absolute Gasteiger partial charge is 0.311 e. The summed E-state index contributed by atoms with van der Waals surface area (Å²) in [6.07, 6.45) is 2.68. The predicted molar refractivity (Wildman–Crippen MR) is 90.7 cm³/mol. The fourth-order valence-corrected chi connectivity index (χ4v) is 2.97. The number of rotatable bonds is 7. The van der Waals surface area contributed by atoms with Crippen LogP contribution in [-0.4, -0.2) is 30.1 Å². The van der Waals surface area contributed by atoms with Gasteiger partial charge in [-0.2, -0.15) is 0 Å². The summed E-state index contributed by atoms with van der Waals surface area (Å²) in [5.74, 6) is -0.0675. The SMILES string of the molecule is CC.CC.CCC(=O)C(CC)(CCO)CC1(C)CCOC1=O. The van der Waals surface area contributed by atoms with Crippen molar-refractivity contribution in [1.29, 1.82) is 0 Å². The molecule has 0 aliphatic carbocycles. The van der Waals surface area contributed by atoms with Gasteiger partial charge in [0, 0.05) is 18.4 Å². The van der Waals surface area contributed by atoms with E-state index in [1.165, 1.54) is 0 Å². The van der Waals surface area contributed by atoms with E-state index in [2.05, 4.69) is 0 Å². The summed E-state index contributed by atoms with van der Waals surface area (Å²) in [5.41, 5.74) is -1.16. The zero-order valence-corrected chi connectivity index (χ0v) is 15.6. The number of hydrogen-bond donors (Lipinski definition) is 1. The maximum absolute atomic E-state index is 12.2. The minimum atomic E-state index is -0.582. The second-order valence-corrected chi connectivity index (χ2v) is 5.51. The summed E-state index contributed by atoms with van der Waals surface area (Å²) in [6, 6.07) is 0. The number of aliphatic hydroxyl groups is 1. The fourth-order valence-electron chi connectivity index (χ4n) is 2.97. The number of carbonyl (C=O) groups is 2. The van der Waals surface area contributed by atoms with Crippen LogP contribution in [0.3, 0.4) is 0 Å². The molecule has 1 N–H and O–H groups in total. The molecule has 0 aromatic rings. The van der Waals surface area contributed by atoms with Crippen molar-refractivity contribution in [2.24, 2.45) is 10.8 Å². The average Bonchev–Trinajstić information content (AvgIpc) is 2.88. The Bertz CT molecular complexity index is 327. The van der Waals surface area contributed by atoms with Crippen LogP contribution in [0, 0.1) is 10.8 Å². The van der Waals surface area contributed by atoms with Crippen LogP contribution in [-0.2, 0) is 14.3 Å². The van der Waals surface area contributed by atoms with Crippen molar-refractivity contribution in [2.45, 2.75) is 80.6 Å². The molecule has 4 nitrogen and oxygen atoms in total. The van der Waals surface area contributed by atoms with Crippen LogP contribution in [0.5, 0.6) is 0 Å². The number of hydrogen-bond acceptors (Lipinski definition) is 4. The topological polar surface area (TPSA) is 63.6 Å². The lowest BCUT2D eigenvalue weighted by molar-refractivity contribution is -0.148. The van der Waals surface area contributed by atoms with E-state index < -0.39 is 10.8 Å². The number of cyclic esters (lactones) is 1. The number of esters is 1. The lowest BCUT2D eigenvalue weighted by Gasteiger charge is -2.36. The molecule has 0 amide bonds. The molecule has 0 bridgehead atoms. The molecule has 2 unspecified atom stereocenters. The molecule has 4 heteroatoms. The lowest BCUT2D eigenvalue weighted by Crippen LogP contribution is -2.39. The molecule has 2 atom stereocenters. The van der Waals surface area contributed by atoms with Gasteiger partial charge in [0.05, 0.1) is 12.0 Å². The molecular formula is C18H36O4. The van der Waals surface area contributed by atoms with Crippen LogP contribution in [0.15, 0.2) is 0 Å². The van der Waals surface area contributed by atoms with E-state index >= 15 is 0 Å². The van der Waals surface area contributed by atoms with Crippen LogP contribution in [0.2, 0.25) is 0 Å². The van der Waals surface area contributed by atoms with Gasteiger partial charge in [0.1, 0.15) is 5.78 Å². The highest BCUT2D eigenvalue weighted by Crippen LogP contribution is 2.45. The number of ether oxygens (including phenoxy) is 1. The Labute approximate surface area is 136 Å². The van der Waals surface area contributed by atoms with Crippen molar-refractivity contribution in [3.05, 3.63) is 0 Å². The number of Topliss-reactive ketones (excluding diaryl/α,β-unsaturated/α-hetero) is 1. The second-order valence-electron chi connectivity index (χ2n) is 5.51. The van der Waals surface area contributed by atoms with Crippen molar-refractivity contribution in [2.75, 3.05) is 13.2 Å². The van der Waals surface area contributed by atoms with Gasteiger partial charge in [-0.15, -0.1) is 0 Å². The molecular weight excluding hydrogens is 280 g/mol. The zero-order valence-electron chi connectivity index (χ0n) is 15.6. The molecule has 1 fully saturated rings. The van der Waals surface area contributed by atoms with Gasteiger partial charge in [0.25, 0.3) is 0 Å². The maximum atomic E-state index is 12.2. The van der Waals surface area contributed by atoms with Gasteiger partial charge in [-0.25, -0.2) is 0 Å². The Morgan fingerprint density at radius 1 is 1.27 bits per heavy atom. The van der Waals surface area contributed by atoms with Crippen LogP contribution in [0.4, 0.5) is 0 Å². The Hall–Kier alpha value is -0.900. The van der Waals surface area contributed by atoms with Crippen LogP contribution in [0.1, 0.15) is 80.6 Å². The van der Waals surface area contributed by atoms with Gasteiger partial charge in [0.2, 0.25) is 0 Å². The molecule has 132 valence electrons. The third-order valence-corrected chi connectivity index (χ3v) is 4.29. The van der Waals surface area contributed by atoms with Crippen molar-refractivity contribution >= 4 is 11.8 Å². The first kappa shape index (κ1) is 23.4. The Kier molecular flexibility index (Phi) is 12.4. The van der Waals surface area contributed by atoms with Crippen molar-refractivity contribution in [3.8, 4) is 0 Å². The van der Waals surface area contributed by atoms with Crippen molar-refractivity contribution < 1.29 is 19.4 Å². The summed E-state index contributed by atoms with van der Waals surface area (Å²) in [5, 5.41) is 9.23. The van der Waals surface area contributed by atoms with E-state index in [9.17, 15) is 14.7 Å². The Balaban J connectivity index is 0. The highest BCUT2D eigenvalue weighted by molar-refractivity contribution is 5.86. The molecule has 0 spiro atoms. The second kappa shape index (κ2) is 11.6. The van der Waals surface area contributed by atoms with E-state index in [1.807, 2.05) is 48.5 Å². The van der Waals surface area contributed by atoms with E-state index in [1.54, 1.807) is 0 Å². The molecule has 0 aromatic carbocycles. The van der Waals surface area contributed by atoms with Crippen molar-refractivity contribution in [1.82, 2.24) is 0 Å². The molecule has 1 aliphatic rings. The van der Waals surface area contributed by atoms with Crippen LogP contribution < -0.4 is 0 Å². The molecule has 0 saturated carbocycles. The van der Waals surface area contributed by atoms with E-state index in [-0.39, 0.29) is 18.4 Å². The molecule has 1 rings (SSSR count). The normalized spacial score (nSPS) is 22.5. The van der Waals surface area contributed by atoms with Gasteiger partial charge in [-0.05, 0) is 32.6 Å². The third kappa shape index (κ3) is 5.71. The van der Waals surface area contributed by atoms with Gasteiger partial charge in [0.15, 0.2) is 0 Å². The first-order valence-electron chi connectivity index (χ1n) is 8.75. The van der Waals surface area contributed by atoms with Crippen LogP contribution >= 0.6 is 0 Å². The molecule has 0 aromatic heterocycles. The largest absolute Gasteiger partial charge is 0.465 e. The highest BCUT2D eigenvalue weighted by Gasteiger charge is 2.48. The quantitative estimate of drug-likeness (QED) is 0.717. The van der Waals surface area contributed by atoms with Gasteiger partial charge in [-0.3, -0.25) is 9.59 Å². The zero-order chi connectivity index (χ0) is 17.8. The summed E-state index contributed by atoms with van der Waals surface area (Å²) in [7, 11) is 0. The van der Waals surface area contributed by atoms with E-state index in [4.69, 9.17) is 4.74 Å². The standard InChI is InChI=1S/C14H24O4.2C2H6/c1-4-11(16)14(5-2,6-8-15)10-13(3)7-9-18-12(13)17;2*1-2/h15H,4-10H2,1-3H3;2*1-2H3. The lowest BCUT2D eigenvalue weighted by atomic mass is 9.65. The third-order valence-electron chi connectivity index (χ3n) is 4.29. The summed E-state index contributed by atoms with van der Waals surface area (Å²) < 4.78 is 5.04. The molecule has 1 aliphatic heterocycles. The summed E-state index contributed by atoms with van der Waals surface area (Å²) in [6.45, 7) is 14.1. The maximum Gasteiger partial charge on any atom is 0.311 e. The predicted octanol–water partition coefficient (Wildman–Crippen LogP) is 4.14. The van der Waals surface area contributed by atoms with Crippen molar-refractivity contribution in [3.63, 3.8) is 0 Å². The fraction of sp³-hybridized carbons (Fsp3) is 0.889. The molecule has 0 radical (unpaired) electrons. The molecule has 1 saturated heterocycles. The minimum Gasteiger partial charge on any atom is -0.465 e. The molecule has 1 heterocycles.